The lowest BCUT2D eigenvalue weighted by molar-refractivity contribution is 0.475. The van der Waals surface area contributed by atoms with Crippen LogP contribution < -0.4 is 0 Å². The molecule has 0 saturated carbocycles. The fourth-order valence-electron chi connectivity index (χ4n) is 2.58. The number of phenolic OH excluding ortho intramolecular Hbond substituents is 3. The van der Waals surface area contributed by atoms with Gasteiger partial charge in [-0.1, -0.05) is 43.8 Å². The Balaban J connectivity index is 0.00000192. The molecule has 0 saturated heterocycles. The molecule has 0 aliphatic heterocycles. The molecule has 3 N–H and O–H groups in total. The van der Waals surface area contributed by atoms with Crippen molar-refractivity contribution in [1.82, 2.24) is 0 Å². The van der Waals surface area contributed by atoms with Crippen LogP contribution in [-0.2, 0) is 0 Å². The van der Waals surface area contributed by atoms with E-state index in [0.717, 1.165) is 16.7 Å². The molecular weight excluding hydrogens is 288 g/mol. The van der Waals surface area contributed by atoms with Gasteiger partial charge in [0.1, 0.15) is 17.2 Å². The number of aromatic hydroxyl groups is 3. The second-order valence-corrected chi connectivity index (χ2v) is 5.21. The molecule has 118 valence electrons. The van der Waals surface area contributed by atoms with Crippen molar-refractivity contribution < 1.29 is 15.3 Å². The molecule has 3 aromatic rings. The number of rotatable bonds is 3. The van der Waals surface area contributed by atoms with Crippen LogP contribution in [0.25, 0.3) is 0 Å². The fourth-order valence-corrected chi connectivity index (χ4v) is 2.58. The summed E-state index contributed by atoms with van der Waals surface area (Å²) < 4.78 is 0. The third-order valence-corrected chi connectivity index (χ3v) is 3.68. The Kier molecular flexibility index (Phi) is 4.91. The van der Waals surface area contributed by atoms with Crippen LogP contribution in [-0.4, -0.2) is 15.3 Å². The van der Waals surface area contributed by atoms with Gasteiger partial charge in [0.05, 0.1) is 0 Å². The van der Waals surface area contributed by atoms with E-state index in [1.807, 2.05) is 36.4 Å². The zero-order chi connectivity index (χ0) is 15.5. The monoisotopic (exact) mass is 308 g/mol. The molecule has 0 radical (unpaired) electrons. The molecule has 3 heteroatoms. The van der Waals surface area contributed by atoms with E-state index in [1.54, 1.807) is 36.4 Å². The van der Waals surface area contributed by atoms with Crippen molar-refractivity contribution in [2.75, 3.05) is 0 Å². The molecule has 0 atom stereocenters. The van der Waals surface area contributed by atoms with Gasteiger partial charge in [0.25, 0.3) is 0 Å². The second kappa shape index (κ2) is 6.88. The molecular formula is C20H20O3. The van der Waals surface area contributed by atoms with Crippen molar-refractivity contribution in [3.8, 4) is 17.2 Å². The van der Waals surface area contributed by atoms with Crippen molar-refractivity contribution in [1.29, 1.82) is 0 Å². The summed E-state index contributed by atoms with van der Waals surface area (Å²) in [6.45, 7) is 0. The maximum absolute atomic E-state index is 9.49. The lowest BCUT2D eigenvalue weighted by atomic mass is 9.85. The highest BCUT2D eigenvalue weighted by molar-refractivity contribution is 5.46. The maximum atomic E-state index is 9.49. The Hall–Kier alpha value is -2.94. The number of phenols is 3. The first-order chi connectivity index (χ1) is 10.6. The summed E-state index contributed by atoms with van der Waals surface area (Å²) in [6, 6.07) is 21.2. The van der Waals surface area contributed by atoms with Gasteiger partial charge in [0.2, 0.25) is 0 Å². The minimum absolute atomic E-state index is 0. The van der Waals surface area contributed by atoms with Gasteiger partial charge in [-0.3, -0.25) is 0 Å². The van der Waals surface area contributed by atoms with E-state index in [9.17, 15) is 15.3 Å². The van der Waals surface area contributed by atoms with Crippen molar-refractivity contribution in [2.45, 2.75) is 13.3 Å². The molecule has 3 aromatic carbocycles. The van der Waals surface area contributed by atoms with E-state index in [2.05, 4.69) is 0 Å². The van der Waals surface area contributed by atoms with Crippen molar-refractivity contribution in [3.63, 3.8) is 0 Å². The normalized spacial score (nSPS) is 10.3. The third-order valence-electron chi connectivity index (χ3n) is 3.68. The minimum atomic E-state index is -0.0400. The van der Waals surface area contributed by atoms with Crippen molar-refractivity contribution in [2.24, 2.45) is 0 Å². The van der Waals surface area contributed by atoms with Crippen LogP contribution in [0.2, 0.25) is 0 Å². The van der Waals surface area contributed by atoms with Gasteiger partial charge in [-0.05, 0) is 53.1 Å². The first kappa shape index (κ1) is 16.4. The predicted molar refractivity (Wildman–Crippen MR) is 92.0 cm³/mol. The summed E-state index contributed by atoms with van der Waals surface area (Å²) in [7, 11) is 0. The SMILES string of the molecule is C.Oc1ccc(C(c2ccc(O)cc2)c2ccc(O)cc2)cc1. The van der Waals surface area contributed by atoms with Gasteiger partial charge < -0.3 is 15.3 Å². The van der Waals surface area contributed by atoms with Crippen LogP contribution in [0.5, 0.6) is 17.2 Å². The number of hydrogen-bond donors (Lipinski definition) is 3. The zero-order valence-corrected chi connectivity index (χ0v) is 11.8. The van der Waals surface area contributed by atoms with Crippen LogP contribution in [0.1, 0.15) is 30.0 Å². The van der Waals surface area contributed by atoms with Gasteiger partial charge in [-0.15, -0.1) is 0 Å². The van der Waals surface area contributed by atoms with E-state index >= 15 is 0 Å². The number of benzene rings is 3. The average molecular weight is 308 g/mol. The van der Waals surface area contributed by atoms with Gasteiger partial charge in [0, 0.05) is 5.92 Å². The number of hydrogen-bond acceptors (Lipinski definition) is 3. The van der Waals surface area contributed by atoms with Crippen molar-refractivity contribution >= 4 is 0 Å². The van der Waals surface area contributed by atoms with E-state index in [0.29, 0.717) is 0 Å². The Morgan fingerprint density at radius 1 is 0.435 bits per heavy atom. The topological polar surface area (TPSA) is 60.7 Å². The molecule has 0 amide bonds. The highest BCUT2D eigenvalue weighted by Gasteiger charge is 2.16. The molecule has 0 fully saturated rings. The van der Waals surface area contributed by atoms with Gasteiger partial charge in [-0.2, -0.15) is 0 Å². The smallest absolute Gasteiger partial charge is 0.115 e. The Labute approximate surface area is 136 Å². The lowest BCUT2D eigenvalue weighted by Crippen LogP contribution is -2.03. The standard InChI is InChI=1S/C19H16O3.CH4/c20-16-7-1-13(2-8-16)19(14-3-9-17(21)10-4-14)15-5-11-18(22)12-6-15;/h1-12,19-22H;1H4. The molecule has 0 aliphatic rings. The largest absolute Gasteiger partial charge is 0.508 e. The summed E-state index contributed by atoms with van der Waals surface area (Å²) in [6.07, 6.45) is 0. The highest BCUT2D eigenvalue weighted by atomic mass is 16.3. The molecule has 0 heterocycles. The first-order valence-electron chi connectivity index (χ1n) is 7.00. The Morgan fingerprint density at radius 2 is 0.652 bits per heavy atom. The summed E-state index contributed by atoms with van der Waals surface area (Å²) in [5, 5.41) is 28.5. The lowest BCUT2D eigenvalue weighted by Gasteiger charge is -2.19. The average Bonchev–Trinajstić information content (AvgIpc) is 2.53. The molecule has 3 nitrogen and oxygen atoms in total. The maximum Gasteiger partial charge on any atom is 0.115 e. The molecule has 3 rings (SSSR count). The van der Waals surface area contributed by atoms with Crippen LogP contribution in [0.4, 0.5) is 0 Å². The second-order valence-electron chi connectivity index (χ2n) is 5.21. The molecule has 0 aliphatic carbocycles. The minimum Gasteiger partial charge on any atom is -0.508 e. The molecule has 0 unspecified atom stereocenters. The zero-order valence-electron chi connectivity index (χ0n) is 11.8. The fraction of sp³-hybridized carbons (Fsp3) is 0.100. The van der Waals surface area contributed by atoms with Crippen LogP contribution in [0, 0.1) is 0 Å². The van der Waals surface area contributed by atoms with E-state index in [1.165, 1.54) is 0 Å². The highest BCUT2D eigenvalue weighted by Crippen LogP contribution is 2.34. The van der Waals surface area contributed by atoms with Crippen molar-refractivity contribution in [3.05, 3.63) is 89.5 Å². The summed E-state index contributed by atoms with van der Waals surface area (Å²) >= 11 is 0. The third kappa shape index (κ3) is 3.64. The van der Waals surface area contributed by atoms with E-state index in [4.69, 9.17) is 0 Å². The van der Waals surface area contributed by atoms with Gasteiger partial charge >= 0.3 is 0 Å². The Morgan fingerprint density at radius 3 is 0.870 bits per heavy atom. The molecule has 23 heavy (non-hydrogen) atoms. The Bertz CT molecular complexity index is 636. The predicted octanol–water partition coefficient (Wildman–Crippen LogP) is 4.62. The quantitative estimate of drug-likeness (QED) is 0.619. The molecule has 0 spiro atoms. The van der Waals surface area contributed by atoms with Crippen LogP contribution >= 0.6 is 0 Å². The summed E-state index contributed by atoms with van der Waals surface area (Å²) in [5.41, 5.74) is 3.07. The van der Waals surface area contributed by atoms with E-state index in [-0.39, 0.29) is 30.6 Å². The van der Waals surface area contributed by atoms with Crippen LogP contribution in [0.15, 0.2) is 72.8 Å². The van der Waals surface area contributed by atoms with Gasteiger partial charge in [-0.25, -0.2) is 0 Å². The van der Waals surface area contributed by atoms with Crippen LogP contribution in [0.3, 0.4) is 0 Å². The first-order valence-corrected chi connectivity index (χ1v) is 7.00. The van der Waals surface area contributed by atoms with E-state index < -0.39 is 0 Å². The summed E-state index contributed by atoms with van der Waals surface area (Å²) in [4.78, 5) is 0. The molecule has 0 bridgehead atoms. The van der Waals surface area contributed by atoms with Gasteiger partial charge in [0.15, 0.2) is 0 Å². The molecule has 0 aromatic heterocycles. The summed E-state index contributed by atoms with van der Waals surface area (Å²) in [5.74, 6) is 0.624.